The summed E-state index contributed by atoms with van der Waals surface area (Å²) in [4.78, 5) is 35.1. The van der Waals surface area contributed by atoms with E-state index in [1.807, 2.05) is 0 Å². The summed E-state index contributed by atoms with van der Waals surface area (Å²) in [5, 5.41) is 13.3. The van der Waals surface area contributed by atoms with E-state index in [0.29, 0.717) is 4.88 Å². The van der Waals surface area contributed by atoms with E-state index in [9.17, 15) is 14.4 Å². The van der Waals surface area contributed by atoms with Crippen molar-refractivity contribution in [3.05, 3.63) is 22.4 Å². The maximum Gasteiger partial charge on any atom is 0.305 e. The van der Waals surface area contributed by atoms with Crippen molar-refractivity contribution in [1.29, 1.82) is 0 Å². The van der Waals surface area contributed by atoms with Gasteiger partial charge in [0.1, 0.15) is 0 Å². The zero-order chi connectivity index (χ0) is 15.9. The third-order valence-electron chi connectivity index (χ3n) is 2.82. The molecule has 7 heteroatoms. The van der Waals surface area contributed by atoms with Crippen LogP contribution in [0, 0.1) is 0 Å². The number of thiophene rings is 1. The van der Waals surface area contributed by atoms with Crippen LogP contribution in [-0.2, 0) is 14.3 Å². The number of amides is 1. The lowest BCUT2D eigenvalue weighted by Crippen LogP contribution is -2.50. The van der Waals surface area contributed by atoms with Crippen LogP contribution in [0.2, 0.25) is 0 Å². The molecule has 1 rings (SSSR count). The van der Waals surface area contributed by atoms with Gasteiger partial charge in [0, 0.05) is 20.0 Å². The Bertz CT molecular complexity index is 499. The fraction of sp³-hybridized carbons (Fsp3) is 0.500. The zero-order valence-electron chi connectivity index (χ0n) is 12.0. The van der Waals surface area contributed by atoms with Gasteiger partial charge >= 0.3 is 5.97 Å². The maximum atomic E-state index is 11.9. The van der Waals surface area contributed by atoms with Crippen molar-refractivity contribution >= 4 is 29.0 Å². The molecule has 0 spiro atoms. The van der Waals surface area contributed by atoms with Crippen LogP contribution in [0.5, 0.6) is 0 Å². The Balaban J connectivity index is 2.50. The summed E-state index contributed by atoms with van der Waals surface area (Å²) in [5.74, 6) is -1.47. The van der Waals surface area contributed by atoms with Crippen LogP contribution in [0.25, 0.3) is 0 Å². The van der Waals surface area contributed by atoms with Gasteiger partial charge in [0.15, 0.2) is 5.78 Å². The number of aliphatic carboxylic acids is 1. The molecule has 0 fully saturated rings. The number of carboxylic acids is 1. The second-order valence-electron chi connectivity index (χ2n) is 5.01. The molecule has 1 aromatic rings. The highest BCUT2D eigenvalue weighted by Crippen LogP contribution is 2.14. The highest BCUT2D eigenvalue weighted by Gasteiger charge is 2.29. The molecule has 6 nitrogen and oxygen atoms in total. The van der Waals surface area contributed by atoms with Crippen LogP contribution in [0.4, 0.5) is 0 Å². The minimum absolute atomic E-state index is 0.0235. The molecule has 0 radical (unpaired) electrons. The summed E-state index contributed by atoms with van der Waals surface area (Å²) in [5.41, 5.74) is -0.982. The fourth-order valence-electron chi connectivity index (χ4n) is 1.97. The normalized spacial score (nSPS) is 13.4. The van der Waals surface area contributed by atoms with Crippen molar-refractivity contribution in [3.63, 3.8) is 0 Å². The number of carbonyl (C=O) groups is 3. The molecule has 1 aromatic heterocycles. The number of Topliss-reactive ketones (excluding diaryl/α,β-unsaturated/α-hetero) is 1. The predicted molar refractivity (Wildman–Crippen MR) is 78.6 cm³/mol. The van der Waals surface area contributed by atoms with Crippen molar-refractivity contribution in [2.75, 3.05) is 13.7 Å². The van der Waals surface area contributed by atoms with Crippen LogP contribution >= 0.6 is 11.3 Å². The van der Waals surface area contributed by atoms with Gasteiger partial charge in [-0.3, -0.25) is 14.4 Å². The Hall–Kier alpha value is -1.73. The van der Waals surface area contributed by atoms with E-state index in [-0.39, 0.29) is 37.6 Å². The van der Waals surface area contributed by atoms with E-state index < -0.39 is 11.5 Å². The molecule has 2 N–H and O–H groups in total. The van der Waals surface area contributed by atoms with Crippen LogP contribution in [0.1, 0.15) is 35.9 Å². The van der Waals surface area contributed by atoms with E-state index in [1.165, 1.54) is 18.4 Å². The van der Waals surface area contributed by atoms with Gasteiger partial charge in [0.2, 0.25) is 5.91 Å². The third kappa shape index (κ3) is 6.05. The van der Waals surface area contributed by atoms with Crippen LogP contribution < -0.4 is 5.32 Å². The van der Waals surface area contributed by atoms with Crippen molar-refractivity contribution in [2.45, 2.75) is 31.7 Å². The average molecular weight is 313 g/mol. The predicted octanol–water partition coefficient (Wildman–Crippen LogP) is 1.71. The molecule has 0 aliphatic rings. The van der Waals surface area contributed by atoms with E-state index in [2.05, 4.69) is 5.32 Å². The Morgan fingerprint density at radius 1 is 1.38 bits per heavy atom. The third-order valence-corrected chi connectivity index (χ3v) is 3.73. The molecule has 1 unspecified atom stereocenters. The molecule has 1 atom stereocenters. The van der Waals surface area contributed by atoms with E-state index in [1.54, 1.807) is 24.4 Å². The van der Waals surface area contributed by atoms with Crippen molar-refractivity contribution in [1.82, 2.24) is 5.32 Å². The van der Waals surface area contributed by atoms with E-state index in [4.69, 9.17) is 9.84 Å². The lowest BCUT2D eigenvalue weighted by molar-refractivity contribution is -0.139. The number of hydrogen-bond donors (Lipinski definition) is 2. The molecule has 0 aliphatic heterocycles. The number of nitrogens with one attached hydrogen (secondary N) is 1. The first-order valence-electron chi connectivity index (χ1n) is 6.45. The highest BCUT2D eigenvalue weighted by atomic mass is 32.1. The second kappa shape index (κ2) is 7.90. The maximum absolute atomic E-state index is 11.9. The molecule has 0 aromatic carbocycles. The number of rotatable bonds is 9. The Morgan fingerprint density at radius 2 is 2.10 bits per heavy atom. The van der Waals surface area contributed by atoms with Gasteiger partial charge in [-0.15, -0.1) is 11.3 Å². The summed E-state index contributed by atoms with van der Waals surface area (Å²) in [7, 11) is 1.44. The summed E-state index contributed by atoms with van der Waals surface area (Å²) >= 11 is 1.33. The molecule has 0 saturated heterocycles. The van der Waals surface area contributed by atoms with Crippen LogP contribution in [0.3, 0.4) is 0 Å². The van der Waals surface area contributed by atoms with Crippen molar-refractivity contribution in [3.8, 4) is 0 Å². The quantitative estimate of drug-likeness (QED) is 0.677. The SMILES string of the molecule is COCC(C)(CC(=O)O)NC(=O)CCC(=O)c1cccs1. The molecular weight excluding hydrogens is 294 g/mol. The number of ketones is 1. The largest absolute Gasteiger partial charge is 0.481 e. The lowest BCUT2D eigenvalue weighted by Gasteiger charge is -2.28. The van der Waals surface area contributed by atoms with Crippen LogP contribution in [-0.4, -0.2) is 42.0 Å². The molecule has 0 aliphatic carbocycles. The standard InChI is InChI=1S/C14H19NO5S/c1-14(9-20-2,8-13(18)19)15-12(17)6-5-10(16)11-4-3-7-21-11/h3-4,7H,5-6,8-9H2,1-2H3,(H,15,17)(H,18,19). The Kier molecular flexibility index (Phi) is 6.51. The summed E-state index contributed by atoms with van der Waals surface area (Å²) in [6, 6.07) is 3.49. The van der Waals surface area contributed by atoms with E-state index >= 15 is 0 Å². The number of hydrogen-bond acceptors (Lipinski definition) is 5. The molecule has 0 bridgehead atoms. The van der Waals surface area contributed by atoms with Gasteiger partial charge in [0.25, 0.3) is 0 Å². The molecule has 21 heavy (non-hydrogen) atoms. The fourth-order valence-corrected chi connectivity index (χ4v) is 2.66. The van der Waals surface area contributed by atoms with Crippen molar-refractivity contribution < 1.29 is 24.2 Å². The molecular formula is C14H19NO5S. The first kappa shape index (κ1) is 17.3. The molecule has 1 amide bonds. The first-order chi connectivity index (χ1) is 9.86. The number of carboxylic acid groups (broad SMARTS) is 1. The van der Waals surface area contributed by atoms with Gasteiger partial charge in [-0.05, 0) is 18.4 Å². The zero-order valence-corrected chi connectivity index (χ0v) is 12.9. The van der Waals surface area contributed by atoms with Gasteiger partial charge < -0.3 is 15.2 Å². The highest BCUT2D eigenvalue weighted by molar-refractivity contribution is 7.12. The molecule has 0 saturated carbocycles. The second-order valence-corrected chi connectivity index (χ2v) is 5.96. The summed E-state index contributed by atoms with van der Waals surface area (Å²) < 4.78 is 4.95. The summed E-state index contributed by atoms with van der Waals surface area (Å²) in [6.07, 6.45) is -0.121. The lowest BCUT2D eigenvalue weighted by atomic mass is 9.98. The average Bonchev–Trinajstić information content (AvgIpc) is 2.88. The Labute approximate surface area is 127 Å². The van der Waals surface area contributed by atoms with Crippen LogP contribution in [0.15, 0.2) is 17.5 Å². The summed E-state index contributed by atoms with van der Waals surface area (Å²) in [6.45, 7) is 1.69. The van der Waals surface area contributed by atoms with Crippen molar-refractivity contribution in [2.24, 2.45) is 0 Å². The molecule has 1 heterocycles. The van der Waals surface area contributed by atoms with Gasteiger partial charge in [0.05, 0.1) is 23.4 Å². The minimum atomic E-state index is -1.02. The van der Waals surface area contributed by atoms with Gasteiger partial charge in [-0.25, -0.2) is 0 Å². The van der Waals surface area contributed by atoms with Gasteiger partial charge in [-0.2, -0.15) is 0 Å². The monoisotopic (exact) mass is 313 g/mol. The van der Waals surface area contributed by atoms with E-state index in [0.717, 1.165) is 0 Å². The number of ether oxygens (including phenoxy) is 1. The van der Waals surface area contributed by atoms with Gasteiger partial charge in [-0.1, -0.05) is 6.07 Å². The minimum Gasteiger partial charge on any atom is -0.481 e. The number of methoxy groups -OCH3 is 1. The first-order valence-corrected chi connectivity index (χ1v) is 7.33. The number of carbonyl (C=O) groups excluding carboxylic acids is 2. The topological polar surface area (TPSA) is 92.7 Å². The Morgan fingerprint density at radius 3 is 2.62 bits per heavy atom. The smallest absolute Gasteiger partial charge is 0.305 e. The molecule has 116 valence electrons.